The van der Waals surface area contributed by atoms with Gasteiger partial charge in [0.05, 0.1) is 17.2 Å². The molecule has 1 heterocycles. The van der Waals surface area contributed by atoms with Crippen molar-refractivity contribution in [1.29, 1.82) is 0 Å². The fourth-order valence-electron chi connectivity index (χ4n) is 1.69. The second kappa shape index (κ2) is 5.97. The number of nitro groups is 1. The number of rotatable bonds is 3. The van der Waals surface area contributed by atoms with Gasteiger partial charge in [-0.25, -0.2) is 0 Å². The van der Waals surface area contributed by atoms with E-state index in [0.717, 1.165) is 0 Å². The van der Waals surface area contributed by atoms with E-state index < -0.39 is 11.0 Å². The highest BCUT2D eigenvalue weighted by Crippen LogP contribution is 2.27. The van der Waals surface area contributed by atoms with Crippen molar-refractivity contribution in [3.05, 3.63) is 32.8 Å². The number of nitrogens with one attached hydrogen (secondary N) is 3. The first-order valence-electron chi connectivity index (χ1n) is 5.72. The van der Waals surface area contributed by atoms with Crippen molar-refractivity contribution in [2.45, 2.75) is 6.04 Å². The summed E-state index contributed by atoms with van der Waals surface area (Å²) in [6.45, 7) is 0.286. The fourth-order valence-corrected chi connectivity index (χ4v) is 2.16. The number of halogens is 1. The van der Waals surface area contributed by atoms with Crippen LogP contribution in [-0.4, -0.2) is 35.9 Å². The minimum absolute atomic E-state index is 0.0714. The maximum atomic E-state index is 12.0. The number of nitro benzene ring substituents is 1. The van der Waals surface area contributed by atoms with Crippen LogP contribution in [0.3, 0.4) is 0 Å². The molecule has 2 rings (SSSR count). The summed E-state index contributed by atoms with van der Waals surface area (Å²) in [7, 11) is 0. The topological polar surface area (TPSA) is 113 Å². The van der Waals surface area contributed by atoms with Crippen LogP contribution in [0.2, 0.25) is 0 Å². The second-order valence-corrected chi connectivity index (χ2v) is 5.00. The summed E-state index contributed by atoms with van der Waals surface area (Å²) in [6.07, 6.45) is 0. The van der Waals surface area contributed by atoms with Crippen molar-refractivity contribution >= 4 is 39.1 Å². The molecule has 1 saturated heterocycles. The Morgan fingerprint density at radius 2 is 2.25 bits per heavy atom. The summed E-state index contributed by atoms with van der Waals surface area (Å²) in [5, 5.41) is 18.6. The van der Waals surface area contributed by atoms with E-state index in [2.05, 4.69) is 31.9 Å². The molecule has 3 N–H and O–H groups in total. The molecule has 0 spiro atoms. The second-order valence-electron chi connectivity index (χ2n) is 4.15. The molecule has 1 aromatic carbocycles. The predicted molar refractivity (Wildman–Crippen MR) is 74.2 cm³/mol. The Labute approximate surface area is 122 Å². The minimum atomic E-state index is -0.533. The van der Waals surface area contributed by atoms with Gasteiger partial charge in [0.15, 0.2) is 0 Å². The van der Waals surface area contributed by atoms with Crippen molar-refractivity contribution in [3.8, 4) is 0 Å². The molecule has 0 aromatic heterocycles. The van der Waals surface area contributed by atoms with Gasteiger partial charge in [-0.15, -0.1) is 0 Å². The van der Waals surface area contributed by atoms with Gasteiger partial charge >= 0.3 is 0 Å². The maximum Gasteiger partial charge on any atom is 0.270 e. The van der Waals surface area contributed by atoms with Crippen LogP contribution < -0.4 is 16.0 Å². The molecule has 8 nitrogen and oxygen atoms in total. The first-order chi connectivity index (χ1) is 9.47. The first kappa shape index (κ1) is 14.4. The highest BCUT2D eigenvalue weighted by Gasteiger charge is 2.24. The number of amides is 2. The number of carbonyl (C=O) groups excluding carboxylic acids is 2. The first-order valence-corrected chi connectivity index (χ1v) is 6.51. The van der Waals surface area contributed by atoms with Crippen LogP contribution in [0.5, 0.6) is 0 Å². The van der Waals surface area contributed by atoms with E-state index in [1.165, 1.54) is 18.2 Å². The zero-order chi connectivity index (χ0) is 14.7. The molecule has 1 unspecified atom stereocenters. The summed E-state index contributed by atoms with van der Waals surface area (Å²) < 4.78 is 0.417. The van der Waals surface area contributed by atoms with Gasteiger partial charge in [0.2, 0.25) is 11.8 Å². The number of hydrogen-bond donors (Lipinski definition) is 3. The fraction of sp³-hybridized carbons (Fsp3) is 0.273. The highest BCUT2D eigenvalue weighted by atomic mass is 79.9. The molecular weight excluding hydrogens is 332 g/mol. The van der Waals surface area contributed by atoms with Crippen molar-refractivity contribution in [3.63, 3.8) is 0 Å². The van der Waals surface area contributed by atoms with Gasteiger partial charge in [0.25, 0.3) is 5.69 Å². The summed E-state index contributed by atoms with van der Waals surface area (Å²) in [5.74, 6) is -0.481. The molecule has 106 valence electrons. The molecule has 1 aliphatic heterocycles. The maximum absolute atomic E-state index is 12.0. The van der Waals surface area contributed by atoms with Crippen LogP contribution >= 0.6 is 15.9 Å². The van der Waals surface area contributed by atoms with Crippen LogP contribution in [0.4, 0.5) is 11.4 Å². The lowest BCUT2D eigenvalue weighted by Crippen LogP contribution is -2.56. The summed E-state index contributed by atoms with van der Waals surface area (Å²) >= 11 is 3.17. The predicted octanol–water partition coefficient (Wildman–Crippen LogP) is 0.384. The zero-order valence-corrected chi connectivity index (χ0v) is 11.8. The summed E-state index contributed by atoms with van der Waals surface area (Å²) in [6, 6.07) is 3.53. The molecule has 1 aromatic rings. The van der Waals surface area contributed by atoms with Crippen LogP contribution in [-0.2, 0) is 9.59 Å². The van der Waals surface area contributed by atoms with Crippen molar-refractivity contribution in [1.82, 2.24) is 10.6 Å². The SMILES string of the molecule is O=C1CNC(C(=O)Nc2ccc([N+](=O)[O-])cc2Br)CN1. The van der Waals surface area contributed by atoms with E-state index in [4.69, 9.17) is 0 Å². The highest BCUT2D eigenvalue weighted by molar-refractivity contribution is 9.10. The van der Waals surface area contributed by atoms with Crippen LogP contribution in [0.25, 0.3) is 0 Å². The number of benzene rings is 1. The van der Waals surface area contributed by atoms with Crippen LogP contribution in [0.1, 0.15) is 0 Å². The number of hydrogen-bond acceptors (Lipinski definition) is 5. The number of piperazine rings is 1. The monoisotopic (exact) mass is 342 g/mol. The summed E-state index contributed by atoms with van der Waals surface area (Å²) in [4.78, 5) is 33.0. The van der Waals surface area contributed by atoms with Crippen molar-refractivity contribution < 1.29 is 14.5 Å². The largest absolute Gasteiger partial charge is 0.353 e. The standard InChI is InChI=1S/C11H11BrN4O4/c12-7-3-6(16(19)20)1-2-8(7)15-11(18)9-4-14-10(17)5-13-9/h1-3,9,13H,4-5H2,(H,14,17)(H,15,18). The molecular formula is C11H11BrN4O4. The van der Waals surface area contributed by atoms with E-state index >= 15 is 0 Å². The third-order valence-corrected chi connectivity index (χ3v) is 3.41. The van der Waals surface area contributed by atoms with E-state index in [9.17, 15) is 19.7 Å². The van der Waals surface area contributed by atoms with Gasteiger partial charge in [-0.1, -0.05) is 0 Å². The molecule has 0 aliphatic carbocycles. The molecule has 1 aliphatic rings. The van der Waals surface area contributed by atoms with Gasteiger partial charge in [-0.3, -0.25) is 25.0 Å². The van der Waals surface area contributed by atoms with Gasteiger partial charge in [-0.05, 0) is 22.0 Å². The number of non-ortho nitro benzene ring substituents is 1. The Morgan fingerprint density at radius 3 is 2.80 bits per heavy atom. The van der Waals surface area contributed by atoms with E-state index in [-0.39, 0.29) is 30.6 Å². The van der Waals surface area contributed by atoms with Gasteiger partial charge in [0.1, 0.15) is 6.04 Å². The third kappa shape index (κ3) is 3.31. The quantitative estimate of drug-likeness (QED) is 0.543. The minimum Gasteiger partial charge on any atom is -0.353 e. The Hall–Kier alpha value is -2.00. The van der Waals surface area contributed by atoms with Crippen LogP contribution in [0, 0.1) is 10.1 Å². The van der Waals surface area contributed by atoms with E-state index in [1.807, 2.05) is 0 Å². The van der Waals surface area contributed by atoms with Crippen molar-refractivity contribution in [2.75, 3.05) is 18.4 Å². The van der Waals surface area contributed by atoms with Gasteiger partial charge in [-0.2, -0.15) is 0 Å². The van der Waals surface area contributed by atoms with Gasteiger partial charge < -0.3 is 10.6 Å². The Balaban J connectivity index is 2.04. The third-order valence-electron chi connectivity index (χ3n) is 2.75. The molecule has 1 atom stereocenters. The van der Waals surface area contributed by atoms with Crippen LogP contribution in [0.15, 0.2) is 22.7 Å². The average molecular weight is 343 g/mol. The lowest BCUT2D eigenvalue weighted by atomic mass is 10.2. The summed E-state index contributed by atoms with van der Waals surface area (Å²) in [5.41, 5.74) is 0.359. The Bertz CT molecular complexity index is 568. The molecule has 20 heavy (non-hydrogen) atoms. The zero-order valence-electron chi connectivity index (χ0n) is 10.2. The van der Waals surface area contributed by atoms with E-state index in [1.54, 1.807) is 0 Å². The molecule has 0 saturated carbocycles. The van der Waals surface area contributed by atoms with Crippen molar-refractivity contribution in [2.24, 2.45) is 0 Å². The molecule has 2 amide bonds. The lowest BCUT2D eigenvalue weighted by Gasteiger charge is -2.23. The smallest absolute Gasteiger partial charge is 0.270 e. The molecule has 0 bridgehead atoms. The molecule has 9 heteroatoms. The Morgan fingerprint density at radius 1 is 1.50 bits per heavy atom. The van der Waals surface area contributed by atoms with Gasteiger partial charge in [0, 0.05) is 23.2 Å². The normalized spacial score (nSPS) is 18.2. The molecule has 0 radical (unpaired) electrons. The lowest BCUT2D eigenvalue weighted by molar-refractivity contribution is -0.384. The number of carbonyl (C=O) groups is 2. The molecule has 1 fully saturated rings. The Kier molecular flexibility index (Phi) is 4.30. The number of nitrogens with zero attached hydrogens (tertiary/aromatic N) is 1. The average Bonchev–Trinajstić information content (AvgIpc) is 2.41. The number of anilines is 1. The van der Waals surface area contributed by atoms with E-state index in [0.29, 0.717) is 10.2 Å².